The van der Waals surface area contributed by atoms with E-state index >= 15 is 0 Å². The number of carbonyl (C=O) groups is 1. The summed E-state index contributed by atoms with van der Waals surface area (Å²) in [6.45, 7) is 5.49. The Morgan fingerprint density at radius 2 is 2.05 bits per heavy atom. The van der Waals surface area contributed by atoms with Gasteiger partial charge in [0.1, 0.15) is 5.82 Å². The first kappa shape index (κ1) is 15.2. The third-order valence-electron chi connectivity index (χ3n) is 1.88. The zero-order chi connectivity index (χ0) is 14.6. The Balaban J connectivity index is 2.74. The molecular weight excluding hydrogens is 271 g/mol. The number of hydrogen-bond acceptors (Lipinski definition) is 2. The summed E-state index contributed by atoms with van der Waals surface area (Å²) in [5.41, 5.74) is 5.44. The molecule has 0 aliphatic heterocycles. The molecule has 5 nitrogen and oxygen atoms in total. The monoisotopic (exact) mass is 286 g/mol. The number of halogens is 2. The number of carbonyl (C=O) groups excluding carboxylic acids is 1. The largest absolute Gasteiger partial charge is 0.369 e. The maximum Gasteiger partial charge on any atom is 0.321 e. The lowest BCUT2D eigenvalue weighted by Crippen LogP contribution is -2.50. The highest BCUT2D eigenvalue weighted by molar-refractivity contribution is 6.33. The molecule has 19 heavy (non-hydrogen) atoms. The average Bonchev–Trinajstić information content (AvgIpc) is 2.19. The number of urea groups is 1. The van der Waals surface area contributed by atoms with E-state index in [1.54, 1.807) is 0 Å². The van der Waals surface area contributed by atoms with Crippen LogP contribution in [0.3, 0.4) is 0 Å². The molecule has 0 heterocycles. The molecule has 4 N–H and O–H groups in total. The molecule has 0 aliphatic carbocycles. The Kier molecular flexibility index (Phi) is 4.72. The van der Waals surface area contributed by atoms with Crippen LogP contribution in [0.2, 0.25) is 5.02 Å². The molecule has 0 unspecified atom stereocenters. The van der Waals surface area contributed by atoms with Crippen LogP contribution < -0.4 is 16.4 Å². The van der Waals surface area contributed by atoms with Crippen molar-refractivity contribution < 1.29 is 9.18 Å². The van der Waals surface area contributed by atoms with Crippen molar-refractivity contribution in [3.05, 3.63) is 29.0 Å². The summed E-state index contributed by atoms with van der Waals surface area (Å²) in [4.78, 5) is 15.4. The standard InChI is InChI=1S/C12H16ClFN4O/c1-12(2,3)18-11(19)17-10(15)16-9-5-4-7(14)6-8(9)13/h4-6H,1-3H3,(H4,15,16,17,18,19). The van der Waals surface area contributed by atoms with Gasteiger partial charge in [0.15, 0.2) is 0 Å². The van der Waals surface area contributed by atoms with Crippen LogP contribution in [0, 0.1) is 5.82 Å². The van der Waals surface area contributed by atoms with Gasteiger partial charge < -0.3 is 11.1 Å². The number of benzene rings is 1. The van der Waals surface area contributed by atoms with Crippen molar-refractivity contribution in [2.75, 3.05) is 0 Å². The number of aliphatic imine (C=N–C) groups is 1. The Bertz CT molecular complexity index is 511. The van der Waals surface area contributed by atoms with Crippen molar-refractivity contribution in [1.29, 1.82) is 0 Å². The molecule has 104 valence electrons. The van der Waals surface area contributed by atoms with E-state index < -0.39 is 17.4 Å². The van der Waals surface area contributed by atoms with Gasteiger partial charge in [-0.3, -0.25) is 5.32 Å². The zero-order valence-corrected chi connectivity index (χ0v) is 11.7. The van der Waals surface area contributed by atoms with E-state index in [1.807, 2.05) is 20.8 Å². The van der Waals surface area contributed by atoms with Gasteiger partial charge in [0.25, 0.3) is 0 Å². The van der Waals surface area contributed by atoms with E-state index in [0.717, 1.165) is 6.07 Å². The summed E-state index contributed by atoms with van der Waals surface area (Å²) in [5, 5.41) is 5.12. The predicted octanol–water partition coefficient (Wildman–Crippen LogP) is 2.52. The van der Waals surface area contributed by atoms with E-state index in [4.69, 9.17) is 17.3 Å². The lowest BCUT2D eigenvalue weighted by Gasteiger charge is -2.20. The fourth-order valence-corrected chi connectivity index (χ4v) is 1.43. The maximum absolute atomic E-state index is 12.8. The quantitative estimate of drug-likeness (QED) is 0.548. The number of nitrogens with two attached hydrogens (primary N) is 1. The van der Waals surface area contributed by atoms with Crippen LogP contribution in [-0.4, -0.2) is 17.5 Å². The summed E-state index contributed by atoms with van der Waals surface area (Å²) in [6.07, 6.45) is 0. The molecule has 0 fully saturated rings. The number of hydrogen-bond donors (Lipinski definition) is 3. The number of nitrogens with one attached hydrogen (secondary N) is 2. The van der Waals surface area contributed by atoms with E-state index in [-0.39, 0.29) is 16.7 Å². The summed E-state index contributed by atoms with van der Waals surface area (Å²) >= 11 is 5.79. The summed E-state index contributed by atoms with van der Waals surface area (Å²) in [6, 6.07) is 3.20. The van der Waals surface area contributed by atoms with E-state index in [9.17, 15) is 9.18 Å². The molecule has 0 saturated carbocycles. The van der Waals surface area contributed by atoms with E-state index in [2.05, 4.69) is 15.6 Å². The van der Waals surface area contributed by atoms with Crippen LogP contribution >= 0.6 is 11.6 Å². The maximum atomic E-state index is 12.8. The smallest absolute Gasteiger partial charge is 0.321 e. The average molecular weight is 287 g/mol. The molecule has 0 spiro atoms. The minimum Gasteiger partial charge on any atom is -0.369 e. The minimum absolute atomic E-state index is 0.112. The van der Waals surface area contributed by atoms with Gasteiger partial charge in [0.05, 0.1) is 10.7 Å². The Hall–Kier alpha value is -1.82. The SMILES string of the molecule is CC(C)(C)NC(=O)NC(N)=Nc1ccc(F)cc1Cl. The van der Waals surface area contributed by atoms with Crippen LogP contribution in [-0.2, 0) is 0 Å². The van der Waals surface area contributed by atoms with Crippen LogP contribution in [0.15, 0.2) is 23.2 Å². The van der Waals surface area contributed by atoms with Gasteiger partial charge in [-0.05, 0) is 39.0 Å². The Morgan fingerprint density at radius 3 is 2.58 bits per heavy atom. The van der Waals surface area contributed by atoms with Crippen molar-refractivity contribution in [3.63, 3.8) is 0 Å². The van der Waals surface area contributed by atoms with Crippen molar-refractivity contribution in [1.82, 2.24) is 10.6 Å². The number of nitrogens with zero attached hydrogens (tertiary/aromatic N) is 1. The van der Waals surface area contributed by atoms with Crippen molar-refractivity contribution in [3.8, 4) is 0 Å². The van der Waals surface area contributed by atoms with Crippen LogP contribution in [0.25, 0.3) is 0 Å². The van der Waals surface area contributed by atoms with Gasteiger partial charge >= 0.3 is 6.03 Å². The Morgan fingerprint density at radius 1 is 1.42 bits per heavy atom. The molecule has 0 radical (unpaired) electrons. The van der Waals surface area contributed by atoms with Crippen LogP contribution in [0.5, 0.6) is 0 Å². The fraction of sp³-hybridized carbons (Fsp3) is 0.333. The third-order valence-corrected chi connectivity index (χ3v) is 2.18. The Labute approximate surface area is 116 Å². The molecular formula is C12H16ClFN4O. The predicted molar refractivity (Wildman–Crippen MR) is 74.1 cm³/mol. The van der Waals surface area contributed by atoms with E-state index in [0.29, 0.717) is 0 Å². The first-order valence-corrected chi connectivity index (χ1v) is 5.93. The second-order valence-electron chi connectivity index (χ2n) is 4.92. The molecule has 0 aliphatic rings. The highest BCUT2D eigenvalue weighted by atomic mass is 35.5. The molecule has 7 heteroatoms. The molecule has 1 aromatic rings. The molecule has 1 rings (SSSR count). The third kappa shape index (κ3) is 5.56. The van der Waals surface area contributed by atoms with Gasteiger partial charge in [0.2, 0.25) is 5.96 Å². The number of guanidine groups is 1. The van der Waals surface area contributed by atoms with Gasteiger partial charge in [-0.25, -0.2) is 14.2 Å². The van der Waals surface area contributed by atoms with Crippen molar-refractivity contribution in [2.24, 2.45) is 10.7 Å². The molecule has 0 bridgehead atoms. The minimum atomic E-state index is -0.480. The van der Waals surface area contributed by atoms with E-state index in [1.165, 1.54) is 12.1 Å². The lowest BCUT2D eigenvalue weighted by atomic mass is 10.1. The highest BCUT2D eigenvalue weighted by Crippen LogP contribution is 2.24. The molecule has 0 aromatic heterocycles. The summed E-state index contributed by atoms with van der Waals surface area (Å²) in [7, 11) is 0. The van der Waals surface area contributed by atoms with Gasteiger partial charge in [-0.1, -0.05) is 11.6 Å². The van der Waals surface area contributed by atoms with Crippen LogP contribution in [0.4, 0.5) is 14.9 Å². The lowest BCUT2D eigenvalue weighted by molar-refractivity contribution is 0.236. The van der Waals surface area contributed by atoms with Crippen molar-refractivity contribution >= 4 is 29.3 Å². The molecule has 0 saturated heterocycles. The molecule has 1 aromatic carbocycles. The highest BCUT2D eigenvalue weighted by Gasteiger charge is 2.14. The second-order valence-corrected chi connectivity index (χ2v) is 5.33. The fourth-order valence-electron chi connectivity index (χ4n) is 1.22. The van der Waals surface area contributed by atoms with Crippen LogP contribution in [0.1, 0.15) is 20.8 Å². The normalized spacial score (nSPS) is 12.2. The summed E-state index contributed by atoms with van der Waals surface area (Å²) in [5.74, 6) is -0.601. The van der Waals surface area contributed by atoms with Gasteiger partial charge in [-0.2, -0.15) is 0 Å². The number of rotatable bonds is 1. The van der Waals surface area contributed by atoms with Crippen molar-refractivity contribution in [2.45, 2.75) is 26.3 Å². The molecule has 0 atom stereocenters. The topological polar surface area (TPSA) is 79.5 Å². The first-order chi connectivity index (χ1) is 8.67. The van der Waals surface area contributed by atoms with Gasteiger partial charge in [-0.15, -0.1) is 0 Å². The molecule has 2 amide bonds. The zero-order valence-electron chi connectivity index (χ0n) is 10.9. The second kappa shape index (κ2) is 5.88. The van der Waals surface area contributed by atoms with Gasteiger partial charge in [0, 0.05) is 5.54 Å². The summed E-state index contributed by atoms with van der Waals surface area (Å²) < 4.78 is 12.8. The number of amides is 2. The first-order valence-electron chi connectivity index (χ1n) is 5.56.